The number of anilines is 1. The van der Waals surface area contributed by atoms with Crippen molar-refractivity contribution in [3.63, 3.8) is 0 Å². The molecule has 4 atom stereocenters. The van der Waals surface area contributed by atoms with Crippen LogP contribution in [0.15, 0.2) is 12.5 Å². The van der Waals surface area contributed by atoms with E-state index in [2.05, 4.69) is 9.97 Å². The predicted molar refractivity (Wildman–Crippen MR) is 77.2 cm³/mol. The fourth-order valence-corrected chi connectivity index (χ4v) is 2.72. The van der Waals surface area contributed by atoms with Crippen LogP contribution in [0, 0.1) is 0 Å². The first-order valence-corrected chi connectivity index (χ1v) is 6.79. The first-order valence-electron chi connectivity index (χ1n) is 6.79. The first-order chi connectivity index (χ1) is 10.8. The Morgan fingerprint density at radius 1 is 1.26 bits per heavy atom. The lowest BCUT2D eigenvalue weighted by Crippen LogP contribution is -2.45. The zero-order chi connectivity index (χ0) is 16.9. The van der Waals surface area contributed by atoms with Crippen LogP contribution in [0.25, 0.3) is 11.0 Å². The molecule has 3 heterocycles. The molecule has 126 valence electrons. The van der Waals surface area contributed by atoms with Crippen LogP contribution in [0.3, 0.4) is 0 Å². The number of fused-ring (bicyclic) bond motifs is 1. The summed E-state index contributed by atoms with van der Waals surface area (Å²) in [5.41, 5.74) is 17.1. The summed E-state index contributed by atoms with van der Waals surface area (Å²) in [6.45, 7) is -0.477. The number of hydrogen-bond donors (Lipinski definition) is 7. The molecule has 1 aliphatic heterocycles. The molecule has 1 aliphatic rings. The van der Waals surface area contributed by atoms with Crippen molar-refractivity contribution in [3.05, 3.63) is 18.1 Å². The fourth-order valence-electron chi connectivity index (χ4n) is 2.72. The number of nitrogens with zero attached hydrogens (tertiary/aromatic N) is 3. The van der Waals surface area contributed by atoms with E-state index in [0.717, 1.165) is 0 Å². The van der Waals surface area contributed by atoms with E-state index in [1.165, 1.54) is 17.1 Å². The third-order valence-corrected chi connectivity index (χ3v) is 3.86. The van der Waals surface area contributed by atoms with E-state index in [4.69, 9.17) is 21.9 Å². The van der Waals surface area contributed by atoms with Crippen molar-refractivity contribution in [1.82, 2.24) is 14.5 Å². The van der Waals surface area contributed by atoms with Crippen LogP contribution in [0.5, 0.6) is 0 Å². The molecule has 0 spiro atoms. The van der Waals surface area contributed by atoms with Gasteiger partial charge in [-0.2, -0.15) is 0 Å². The Kier molecular flexibility index (Phi) is 3.72. The molecule has 3 rings (SSSR count). The summed E-state index contributed by atoms with van der Waals surface area (Å²) in [4.78, 5) is 7.87. The van der Waals surface area contributed by atoms with Crippen LogP contribution < -0.4 is 17.2 Å². The fraction of sp³-hybridized carbons (Fsp3) is 0.500. The smallest absolute Gasteiger partial charge is 0.196 e. The Morgan fingerprint density at radius 3 is 2.52 bits per heavy atom. The summed E-state index contributed by atoms with van der Waals surface area (Å²) in [5.74, 6) is -2.19. The number of aromatic nitrogens is 3. The van der Waals surface area contributed by atoms with Gasteiger partial charge in [-0.05, 0) is 0 Å². The molecule has 1 saturated heterocycles. The van der Waals surface area contributed by atoms with Gasteiger partial charge in [0.15, 0.2) is 12.1 Å². The van der Waals surface area contributed by atoms with Crippen LogP contribution in [0.4, 0.5) is 5.82 Å². The highest BCUT2D eigenvalue weighted by atomic mass is 16.6. The van der Waals surface area contributed by atoms with Crippen LogP contribution >= 0.6 is 0 Å². The van der Waals surface area contributed by atoms with Crippen LogP contribution in [-0.4, -0.2) is 59.9 Å². The van der Waals surface area contributed by atoms with E-state index in [1.807, 2.05) is 0 Å². The lowest BCUT2D eigenvalue weighted by atomic mass is 10.1. The van der Waals surface area contributed by atoms with E-state index < -0.39 is 37.0 Å². The highest BCUT2D eigenvalue weighted by Gasteiger charge is 2.44. The van der Waals surface area contributed by atoms with Crippen molar-refractivity contribution in [3.8, 4) is 0 Å². The first kappa shape index (κ1) is 16.0. The van der Waals surface area contributed by atoms with Crippen LogP contribution in [0.1, 0.15) is 11.8 Å². The van der Waals surface area contributed by atoms with Gasteiger partial charge in [0.25, 0.3) is 0 Å². The normalized spacial score (nSPS) is 28.6. The molecule has 1 fully saturated rings. The number of hydrogen-bond acceptors (Lipinski definition) is 10. The van der Waals surface area contributed by atoms with E-state index in [0.29, 0.717) is 0 Å². The lowest BCUT2D eigenvalue weighted by molar-refractivity contribution is -0.0512. The van der Waals surface area contributed by atoms with Crippen LogP contribution in [0.2, 0.25) is 0 Å². The van der Waals surface area contributed by atoms with Gasteiger partial charge in [-0.3, -0.25) is 11.5 Å². The Hall–Kier alpha value is -1.86. The summed E-state index contributed by atoms with van der Waals surface area (Å²) in [5, 5.41) is 39.3. The van der Waals surface area contributed by atoms with Gasteiger partial charge in [-0.1, -0.05) is 0 Å². The SMILES string of the molecule is Nc1ncnc2c1c(C(N)(N)O)cn2C1OC(CO)C(O)C1O. The van der Waals surface area contributed by atoms with Gasteiger partial charge in [0.2, 0.25) is 0 Å². The Balaban J connectivity index is 2.18. The second-order valence-electron chi connectivity index (χ2n) is 5.46. The summed E-state index contributed by atoms with van der Waals surface area (Å²) in [7, 11) is 0. The summed E-state index contributed by atoms with van der Waals surface area (Å²) in [6.07, 6.45) is -2.17. The second kappa shape index (κ2) is 5.35. The molecule has 4 unspecified atom stereocenters. The second-order valence-corrected chi connectivity index (χ2v) is 5.46. The molecule has 0 bridgehead atoms. The predicted octanol–water partition coefficient (Wildman–Crippen LogP) is -3.35. The van der Waals surface area contributed by atoms with Crippen molar-refractivity contribution >= 4 is 16.9 Å². The van der Waals surface area contributed by atoms with E-state index >= 15 is 0 Å². The molecule has 2 aromatic rings. The van der Waals surface area contributed by atoms with Crippen molar-refractivity contribution in [2.45, 2.75) is 30.4 Å². The molecule has 11 nitrogen and oxygen atoms in total. The maximum atomic E-state index is 10.1. The largest absolute Gasteiger partial charge is 0.394 e. The Morgan fingerprint density at radius 2 is 1.96 bits per heavy atom. The highest BCUT2D eigenvalue weighted by Crippen LogP contribution is 2.35. The van der Waals surface area contributed by atoms with Gasteiger partial charge < -0.3 is 35.5 Å². The van der Waals surface area contributed by atoms with Crippen molar-refractivity contribution in [2.24, 2.45) is 11.5 Å². The van der Waals surface area contributed by atoms with E-state index in [9.17, 15) is 20.4 Å². The van der Waals surface area contributed by atoms with Crippen molar-refractivity contribution in [2.75, 3.05) is 12.3 Å². The molecule has 23 heavy (non-hydrogen) atoms. The summed E-state index contributed by atoms with van der Waals surface area (Å²) < 4.78 is 6.77. The standard InChI is InChI=1S/C12H18N6O5/c13-9-6-4(12(14,15)22)1-18(10(6)17-3-16-9)11-8(21)7(20)5(2-19)23-11/h1,3,5,7-8,11,19-22H,2,14-15H2,(H2,13,16,17). The molecule has 11 heteroatoms. The van der Waals surface area contributed by atoms with Gasteiger partial charge >= 0.3 is 0 Å². The van der Waals surface area contributed by atoms with Crippen molar-refractivity contribution < 1.29 is 25.2 Å². The molecule has 10 N–H and O–H groups in total. The van der Waals surface area contributed by atoms with Crippen molar-refractivity contribution in [1.29, 1.82) is 0 Å². The lowest BCUT2D eigenvalue weighted by Gasteiger charge is -2.18. The number of nitrogens with two attached hydrogens (primary N) is 3. The van der Waals surface area contributed by atoms with Gasteiger partial charge in [-0.25, -0.2) is 9.97 Å². The molecular formula is C12H18N6O5. The van der Waals surface area contributed by atoms with Gasteiger partial charge in [0.05, 0.1) is 12.0 Å². The molecule has 0 aromatic carbocycles. The minimum Gasteiger partial charge on any atom is -0.394 e. The van der Waals surface area contributed by atoms with Gasteiger partial charge in [0.1, 0.15) is 36.1 Å². The summed E-state index contributed by atoms with van der Waals surface area (Å²) >= 11 is 0. The number of ether oxygens (including phenoxy) is 1. The van der Waals surface area contributed by atoms with Crippen LogP contribution in [-0.2, 0) is 10.6 Å². The number of aliphatic hydroxyl groups is 4. The molecule has 0 aliphatic carbocycles. The molecule has 2 aromatic heterocycles. The third-order valence-electron chi connectivity index (χ3n) is 3.86. The van der Waals surface area contributed by atoms with E-state index in [-0.39, 0.29) is 22.4 Å². The quantitative estimate of drug-likeness (QED) is 0.279. The number of rotatable bonds is 3. The van der Waals surface area contributed by atoms with Gasteiger partial charge in [-0.15, -0.1) is 0 Å². The monoisotopic (exact) mass is 326 g/mol. The average Bonchev–Trinajstić information content (AvgIpc) is 3.00. The molecular weight excluding hydrogens is 308 g/mol. The molecule has 0 radical (unpaired) electrons. The zero-order valence-corrected chi connectivity index (χ0v) is 11.9. The topological polar surface area (TPSA) is 199 Å². The highest BCUT2D eigenvalue weighted by molar-refractivity contribution is 5.90. The summed E-state index contributed by atoms with van der Waals surface area (Å²) in [6, 6.07) is 0. The minimum atomic E-state index is -2.22. The zero-order valence-electron chi connectivity index (χ0n) is 11.9. The average molecular weight is 326 g/mol. The Bertz CT molecular complexity index is 729. The molecule has 0 saturated carbocycles. The van der Waals surface area contributed by atoms with Gasteiger partial charge in [0, 0.05) is 11.8 Å². The third kappa shape index (κ3) is 2.44. The maximum absolute atomic E-state index is 10.1. The van der Waals surface area contributed by atoms with E-state index in [1.54, 1.807) is 0 Å². The minimum absolute atomic E-state index is 0.0309. The Labute approximate surface area is 129 Å². The maximum Gasteiger partial charge on any atom is 0.196 e. The molecule has 0 amide bonds. The number of nitrogen functional groups attached to an aromatic ring is 1. The number of aliphatic hydroxyl groups excluding tert-OH is 3.